The smallest absolute Gasteiger partial charge is 0.335 e. The molecule has 0 radical (unpaired) electrons. The van der Waals surface area contributed by atoms with Crippen LogP contribution in [0.5, 0.6) is 0 Å². The summed E-state index contributed by atoms with van der Waals surface area (Å²) in [6, 6.07) is 4.88. The fraction of sp³-hybridized carbons (Fsp3) is 0. The number of aromatic carboxylic acids is 1. The average Bonchev–Trinajstić information content (AvgIpc) is 2.47. The molecule has 0 aliphatic heterocycles. The van der Waals surface area contributed by atoms with Gasteiger partial charge < -0.3 is 5.11 Å². The molecule has 2 aromatic rings. The monoisotopic (exact) mass is 257 g/mol. The van der Waals surface area contributed by atoms with Gasteiger partial charge in [-0.2, -0.15) is 4.37 Å². The maximum atomic E-state index is 10.6. The molecule has 5 heteroatoms. The fourth-order valence-corrected chi connectivity index (χ4v) is 2.18. The summed E-state index contributed by atoms with van der Waals surface area (Å²) in [5.74, 6) is -0.917. The Labute approximate surface area is 86.3 Å². The Morgan fingerprint density at radius 1 is 1.54 bits per heavy atom. The van der Waals surface area contributed by atoms with E-state index in [1.807, 2.05) is 0 Å². The molecule has 66 valence electrons. The number of benzene rings is 1. The van der Waals surface area contributed by atoms with Crippen LogP contribution in [0.4, 0.5) is 0 Å². The predicted octanol–water partition coefficient (Wildman–Crippen LogP) is 2.76. The van der Waals surface area contributed by atoms with Crippen molar-refractivity contribution in [1.29, 1.82) is 0 Å². The molecule has 0 fully saturated rings. The van der Waals surface area contributed by atoms with Crippen LogP contribution in [0.2, 0.25) is 0 Å². The molecule has 0 bridgehead atoms. The van der Waals surface area contributed by atoms with Crippen LogP contribution in [0, 0.1) is 0 Å². The summed E-state index contributed by atoms with van der Waals surface area (Å²) in [5.41, 5.74) is 1.11. The molecule has 0 amide bonds. The number of aromatic nitrogens is 1. The Morgan fingerprint density at radius 2 is 2.31 bits per heavy atom. The van der Waals surface area contributed by atoms with Gasteiger partial charge >= 0.3 is 5.97 Å². The van der Waals surface area contributed by atoms with E-state index in [-0.39, 0.29) is 5.56 Å². The Kier molecular flexibility index (Phi) is 2.05. The first-order valence-corrected chi connectivity index (χ1v) is 5.03. The normalized spacial score (nSPS) is 10.5. The minimum absolute atomic E-state index is 0.286. The van der Waals surface area contributed by atoms with E-state index in [0.29, 0.717) is 0 Å². The van der Waals surface area contributed by atoms with Crippen molar-refractivity contribution in [2.45, 2.75) is 0 Å². The van der Waals surface area contributed by atoms with Gasteiger partial charge in [0.1, 0.15) is 0 Å². The average molecular weight is 258 g/mol. The summed E-state index contributed by atoms with van der Waals surface area (Å²) in [7, 11) is 0. The van der Waals surface area contributed by atoms with Gasteiger partial charge in [0.2, 0.25) is 0 Å². The maximum absolute atomic E-state index is 10.6. The third-order valence-electron chi connectivity index (χ3n) is 1.68. The molecule has 1 aromatic carbocycles. The molecule has 0 spiro atoms. The summed E-state index contributed by atoms with van der Waals surface area (Å²) in [5, 5.41) is 9.59. The second-order valence-electron chi connectivity index (χ2n) is 2.49. The van der Waals surface area contributed by atoms with Crippen molar-refractivity contribution in [3.63, 3.8) is 0 Å². The molecule has 0 atom stereocenters. The Bertz CT molecular complexity index is 480. The molecule has 1 aromatic heterocycles. The highest BCUT2D eigenvalue weighted by Crippen LogP contribution is 2.28. The van der Waals surface area contributed by atoms with E-state index in [4.69, 9.17) is 5.11 Å². The van der Waals surface area contributed by atoms with Crippen molar-refractivity contribution in [2.75, 3.05) is 0 Å². The van der Waals surface area contributed by atoms with Crippen LogP contribution in [0.15, 0.2) is 22.0 Å². The second-order valence-corrected chi connectivity index (χ2v) is 4.58. The lowest BCUT2D eigenvalue weighted by Crippen LogP contribution is -1.94. The van der Waals surface area contributed by atoms with Gasteiger partial charge in [-0.3, -0.25) is 0 Å². The van der Waals surface area contributed by atoms with Crippen LogP contribution in [-0.2, 0) is 0 Å². The lowest BCUT2D eigenvalue weighted by Gasteiger charge is -1.93. The topological polar surface area (TPSA) is 50.2 Å². The van der Waals surface area contributed by atoms with Gasteiger partial charge in [-0.15, -0.1) is 0 Å². The number of carboxylic acids is 1. The number of hydrogen-bond acceptors (Lipinski definition) is 3. The molecule has 0 saturated carbocycles. The fourth-order valence-electron chi connectivity index (χ4n) is 1.04. The molecule has 1 heterocycles. The number of carboxylic acid groups (broad SMARTS) is 1. The van der Waals surface area contributed by atoms with E-state index in [1.54, 1.807) is 18.2 Å². The number of fused-ring (bicyclic) bond motifs is 1. The van der Waals surface area contributed by atoms with Crippen molar-refractivity contribution in [3.8, 4) is 0 Å². The highest BCUT2D eigenvalue weighted by Gasteiger charge is 2.07. The van der Waals surface area contributed by atoms with Crippen molar-refractivity contribution in [3.05, 3.63) is 27.5 Å². The Balaban J connectivity index is 2.72. The first-order valence-electron chi connectivity index (χ1n) is 3.47. The largest absolute Gasteiger partial charge is 0.478 e. The zero-order chi connectivity index (χ0) is 9.42. The van der Waals surface area contributed by atoms with Crippen LogP contribution in [0.3, 0.4) is 0 Å². The first kappa shape index (κ1) is 8.65. The van der Waals surface area contributed by atoms with Crippen LogP contribution < -0.4 is 0 Å². The third kappa shape index (κ3) is 1.45. The molecule has 0 unspecified atom stereocenters. The van der Waals surface area contributed by atoms with Crippen LogP contribution in [0.25, 0.3) is 10.9 Å². The van der Waals surface area contributed by atoms with Gasteiger partial charge in [0.25, 0.3) is 0 Å². The van der Waals surface area contributed by atoms with Gasteiger partial charge in [0, 0.05) is 5.39 Å². The van der Waals surface area contributed by atoms with E-state index in [2.05, 4.69) is 20.3 Å². The van der Waals surface area contributed by atoms with Crippen molar-refractivity contribution >= 4 is 44.3 Å². The van der Waals surface area contributed by atoms with Crippen molar-refractivity contribution < 1.29 is 9.90 Å². The molecule has 0 aliphatic rings. The number of rotatable bonds is 1. The standard InChI is InChI=1S/C8H4BrNO2S/c9-7-5-3-4(8(11)12)1-2-6(5)10-13-7/h1-3H,(H,11,12). The zero-order valence-corrected chi connectivity index (χ0v) is 8.72. The highest BCUT2D eigenvalue weighted by atomic mass is 79.9. The van der Waals surface area contributed by atoms with E-state index in [1.165, 1.54) is 11.5 Å². The minimum Gasteiger partial charge on any atom is -0.478 e. The summed E-state index contributed by atoms with van der Waals surface area (Å²) in [6.07, 6.45) is 0. The molecule has 2 rings (SSSR count). The van der Waals surface area contributed by atoms with E-state index >= 15 is 0 Å². The quantitative estimate of drug-likeness (QED) is 0.855. The Hall–Kier alpha value is -0.940. The summed E-state index contributed by atoms with van der Waals surface area (Å²) >= 11 is 4.63. The lowest BCUT2D eigenvalue weighted by atomic mass is 10.2. The highest BCUT2D eigenvalue weighted by molar-refractivity contribution is 9.11. The van der Waals surface area contributed by atoms with Gasteiger partial charge in [-0.1, -0.05) is 0 Å². The van der Waals surface area contributed by atoms with Crippen LogP contribution >= 0.6 is 27.5 Å². The van der Waals surface area contributed by atoms with Crippen molar-refractivity contribution in [1.82, 2.24) is 4.37 Å². The molecule has 1 N–H and O–H groups in total. The number of nitrogens with zero attached hydrogens (tertiary/aromatic N) is 1. The molecule has 0 aliphatic carbocycles. The third-order valence-corrected chi connectivity index (χ3v) is 3.21. The number of halogens is 1. The summed E-state index contributed by atoms with van der Waals surface area (Å²) < 4.78 is 4.99. The summed E-state index contributed by atoms with van der Waals surface area (Å²) in [6.45, 7) is 0. The predicted molar refractivity (Wildman–Crippen MR) is 54.3 cm³/mol. The van der Waals surface area contributed by atoms with Gasteiger partial charge in [-0.05, 0) is 45.7 Å². The SMILES string of the molecule is O=C(O)c1ccc2nsc(Br)c2c1. The second kappa shape index (κ2) is 3.08. The first-order chi connectivity index (χ1) is 6.18. The zero-order valence-electron chi connectivity index (χ0n) is 6.32. The molecular formula is C8H4BrNO2S. The summed E-state index contributed by atoms with van der Waals surface area (Å²) in [4.78, 5) is 10.6. The van der Waals surface area contributed by atoms with Gasteiger partial charge in [0.05, 0.1) is 14.9 Å². The number of carbonyl (C=O) groups is 1. The van der Waals surface area contributed by atoms with Crippen LogP contribution in [-0.4, -0.2) is 15.4 Å². The van der Waals surface area contributed by atoms with E-state index in [9.17, 15) is 4.79 Å². The van der Waals surface area contributed by atoms with E-state index in [0.717, 1.165) is 14.7 Å². The molecule has 13 heavy (non-hydrogen) atoms. The maximum Gasteiger partial charge on any atom is 0.335 e. The molecule has 0 saturated heterocycles. The minimum atomic E-state index is -0.917. The van der Waals surface area contributed by atoms with Crippen LogP contribution in [0.1, 0.15) is 10.4 Å². The molecule has 3 nitrogen and oxygen atoms in total. The van der Waals surface area contributed by atoms with Gasteiger partial charge in [0.15, 0.2) is 0 Å². The van der Waals surface area contributed by atoms with Gasteiger partial charge in [-0.25, -0.2) is 4.79 Å². The van der Waals surface area contributed by atoms with E-state index < -0.39 is 5.97 Å². The number of hydrogen-bond donors (Lipinski definition) is 1. The molecular weight excluding hydrogens is 254 g/mol. The lowest BCUT2D eigenvalue weighted by molar-refractivity contribution is 0.0697. The van der Waals surface area contributed by atoms with Crippen molar-refractivity contribution in [2.24, 2.45) is 0 Å². The Morgan fingerprint density at radius 3 is 3.00 bits per heavy atom.